The van der Waals surface area contributed by atoms with E-state index in [2.05, 4.69) is 18.9 Å². The number of carbonyl (C=O) groups excluding carboxylic acids is 2. The molecule has 6 nitrogen and oxygen atoms in total. The molecule has 2 amide bonds. The van der Waals surface area contributed by atoms with Crippen molar-refractivity contribution in [2.24, 2.45) is 5.92 Å². The first-order valence-electron chi connectivity index (χ1n) is 9.23. The van der Waals surface area contributed by atoms with Crippen LogP contribution < -0.4 is 0 Å². The number of halogens is 1. The van der Waals surface area contributed by atoms with E-state index >= 15 is 0 Å². The van der Waals surface area contributed by atoms with Crippen LogP contribution in [-0.2, 0) is 22.7 Å². The number of aromatic nitrogens is 2. The van der Waals surface area contributed by atoms with Crippen molar-refractivity contribution in [2.75, 3.05) is 13.1 Å². The van der Waals surface area contributed by atoms with Gasteiger partial charge in [-0.1, -0.05) is 26.0 Å². The molecule has 2 aromatic rings. The highest BCUT2D eigenvalue weighted by Crippen LogP contribution is 2.21. The van der Waals surface area contributed by atoms with Gasteiger partial charge in [-0.3, -0.25) is 14.3 Å². The van der Waals surface area contributed by atoms with Gasteiger partial charge in [-0.05, 0) is 29.7 Å². The summed E-state index contributed by atoms with van der Waals surface area (Å²) >= 11 is 0. The van der Waals surface area contributed by atoms with Gasteiger partial charge >= 0.3 is 0 Å². The molecule has 0 spiro atoms. The Morgan fingerprint density at radius 2 is 2.04 bits per heavy atom. The first kappa shape index (κ1) is 19.1. The van der Waals surface area contributed by atoms with Crippen molar-refractivity contribution >= 4 is 11.8 Å². The maximum absolute atomic E-state index is 13.2. The molecule has 7 heteroatoms. The zero-order chi connectivity index (χ0) is 19.4. The Balaban J connectivity index is 1.75. The minimum Gasteiger partial charge on any atom is -0.338 e. The molecule has 1 fully saturated rings. The van der Waals surface area contributed by atoms with Gasteiger partial charge in [0.15, 0.2) is 0 Å². The highest BCUT2D eigenvalue weighted by atomic mass is 19.1. The average molecular weight is 372 g/mol. The van der Waals surface area contributed by atoms with Gasteiger partial charge in [0.25, 0.3) is 0 Å². The molecule has 27 heavy (non-hydrogen) atoms. The van der Waals surface area contributed by atoms with E-state index in [-0.39, 0.29) is 42.6 Å². The van der Waals surface area contributed by atoms with Crippen molar-refractivity contribution in [3.05, 3.63) is 54.1 Å². The minimum atomic E-state index is -0.295. The third-order valence-corrected chi connectivity index (χ3v) is 4.97. The molecule has 1 aromatic heterocycles. The molecule has 1 saturated heterocycles. The Labute approximate surface area is 158 Å². The van der Waals surface area contributed by atoms with Gasteiger partial charge in [0.05, 0.1) is 6.04 Å². The Hall–Kier alpha value is -2.70. The molecule has 1 aliphatic rings. The fourth-order valence-corrected chi connectivity index (χ4v) is 3.40. The fraction of sp³-hybridized carbons (Fsp3) is 0.450. The van der Waals surface area contributed by atoms with Crippen molar-refractivity contribution in [1.82, 2.24) is 19.6 Å². The van der Waals surface area contributed by atoms with Gasteiger partial charge in [-0.25, -0.2) is 4.39 Å². The van der Waals surface area contributed by atoms with Crippen LogP contribution in [0.3, 0.4) is 0 Å². The largest absolute Gasteiger partial charge is 0.338 e. The molecule has 0 N–H and O–H groups in total. The minimum absolute atomic E-state index is 0.0208. The predicted molar refractivity (Wildman–Crippen MR) is 99.0 cm³/mol. The highest BCUT2D eigenvalue weighted by molar-refractivity contribution is 5.80. The molecule has 0 bridgehead atoms. The van der Waals surface area contributed by atoms with Crippen LogP contribution in [0.15, 0.2) is 42.7 Å². The monoisotopic (exact) mass is 372 g/mol. The second-order valence-electron chi connectivity index (χ2n) is 7.25. The lowest BCUT2D eigenvalue weighted by Gasteiger charge is -2.34. The summed E-state index contributed by atoms with van der Waals surface area (Å²) in [4.78, 5) is 29.1. The lowest BCUT2D eigenvalue weighted by atomic mass is 10.0. The third-order valence-electron chi connectivity index (χ3n) is 4.97. The van der Waals surface area contributed by atoms with E-state index in [1.54, 1.807) is 40.2 Å². The first-order valence-corrected chi connectivity index (χ1v) is 9.23. The Bertz CT molecular complexity index is 774. The van der Waals surface area contributed by atoms with E-state index in [9.17, 15) is 14.0 Å². The molecule has 0 aliphatic carbocycles. The zero-order valence-electron chi connectivity index (χ0n) is 15.7. The van der Waals surface area contributed by atoms with Crippen molar-refractivity contribution in [3.63, 3.8) is 0 Å². The third kappa shape index (κ3) is 4.72. The number of benzene rings is 1. The summed E-state index contributed by atoms with van der Waals surface area (Å²) in [6.07, 6.45) is 3.68. The van der Waals surface area contributed by atoms with Crippen LogP contribution in [0.1, 0.15) is 25.8 Å². The summed E-state index contributed by atoms with van der Waals surface area (Å²) in [5.74, 6) is -0.127. The maximum atomic E-state index is 13.2. The molecule has 1 atom stereocenters. The van der Waals surface area contributed by atoms with Crippen molar-refractivity contribution in [1.29, 1.82) is 0 Å². The van der Waals surface area contributed by atoms with E-state index in [0.717, 1.165) is 5.56 Å². The Kier molecular flexibility index (Phi) is 5.88. The molecule has 144 valence electrons. The summed E-state index contributed by atoms with van der Waals surface area (Å²) < 4.78 is 14.8. The van der Waals surface area contributed by atoms with Crippen LogP contribution in [-0.4, -0.2) is 50.5 Å². The number of rotatable bonds is 5. The van der Waals surface area contributed by atoms with Crippen molar-refractivity contribution < 1.29 is 14.0 Å². The van der Waals surface area contributed by atoms with Crippen LogP contribution in [0.2, 0.25) is 0 Å². The molecule has 0 radical (unpaired) electrons. The quantitative estimate of drug-likeness (QED) is 0.809. The second-order valence-corrected chi connectivity index (χ2v) is 7.25. The Morgan fingerprint density at radius 3 is 2.67 bits per heavy atom. The highest BCUT2D eigenvalue weighted by Gasteiger charge is 2.33. The van der Waals surface area contributed by atoms with E-state index in [1.807, 2.05) is 4.90 Å². The van der Waals surface area contributed by atoms with E-state index in [1.165, 1.54) is 12.1 Å². The van der Waals surface area contributed by atoms with Gasteiger partial charge in [0, 0.05) is 38.4 Å². The topological polar surface area (TPSA) is 58.4 Å². The smallest absolute Gasteiger partial charge is 0.244 e. The van der Waals surface area contributed by atoms with Gasteiger partial charge < -0.3 is 9.80 Å². The molecular formula is C20H25FN4O2. The van der Waals surface area contributed by atoms with Gasteiger partial charge in [0.2, 0.25) is 11.8 Å². The summed E-state index contributed by atoms with van der Waals surface area (Å²) in [5.41, 5.74) is 0.881. The normalized spacial score (nSPS) is 18.1. The average Bonchev–Trinajstić information content (AvgIpc) is 3.08. The molecule has 3 rings (SSSR count). The summed E-state index contributed by atoms with van der Waals surface area (Å²) in [5, 5.41) is 4.08. The zero-order valence-corrected chi connectivity index (χ0v) is 15.7. The lowest BCUT2D eigenvalue weighted by Crippen LogP contribution is -2.47. The molecule has 1 aromatic carbocycles. The number of nitrogens with zero attached hydrogens (tertiary/aromatic N) is 4. The molecule has 0 saturated carbocycles. The van der Waals surface area contributed by atoms with Crippen molar-refractivity contribution in [2.45, 2.75) is 39.4 Å². The van der Waals surface area contributed by atoms with E-state index in [4.69, 9.17) is 0 Å². The van der Waals surface area contributed by atoms with Gasteiger partial charge in [0.1, 0.15) is 12.4 Å². The van der Waals surface area contributed by atoms with Crippen LogP contribution >= 0.6 is 0 Å². The first-order chi connectivity index (χ1) is 12.9. The molecule has 1 aliphatic heterocycles. The van der Waals surface area contributed by atoms with Crippen LogP contribution in [0.5, 0.6) is 0 Å². The van der Waals surface area contributed by atoms with Gasteiger partial charge in [-0.15, -0.1) is 0 Å². The van der Waals surface area contributed by atoms with Gasteiger partial charge in [-0.2, -0.15) is 5.10 Å². The number of hydrogen-bond donors (Lipinski definition) is 0. The molecule has 0 unspecified atom stereocenters. The van der Waals surface area contributed by atoms with E-state index in [0.29, 0.717) is 19.6 Å². The summed E-state index contributed by atoms with van der Waals surface area (Å²) in [6, 6.07) is 7.90. The number of amides is 2. The number of hydrogen-bond acceptors (Lipinski definition) is 3. The fourth-order valence-electron chi connectivity index (χ4n) is 3.40. The van der Waals surface area contributed by atoms with Crippen LogP contribution in [0.4, 0.5) is 4.39 Å². The summed E-state index contributed by atoms with van der Waals surface area (Å²) in [7, 11) is 0. The van der Waals surface area contributed by atoms with Crippen LogP contribution in [0.25, 0.3) is 0 Å². The lowest BCUT2D eigenvalue weighted by molar-refractivity contribution is -0.134. The SMILES string of the molecule is CC(C)[C@@H]1CN(C(=O)Cn2cccn2)CCC(=O)N1Cc1ccc(F)cc1. The molecular weight excluding hydrogens is 347 g/mol. The van der Waals surface area contributed by atoms with Crippen molar-refractivity contribution in [3.8, 4) is 0 Å². The number of carbonyl (C=O) groups is 2. The standard InChI is InChI=1S/C20H25FN4O2/c1-15(2)18-13-23(20(27)14-24-10-3-9-22-24)11-8-19(26)25(18)12-16-4-6-17(21)7-5-16/h3-7,9-10,15,18H,8,11-14H2,1-2H3/t18-/m0/s1. The Morgan fingerprint density at radius 1 is 1.30 bits per heavy atom. The summed E-state index contributed by atoms with van der Waals surface area (Å²) in [6.45, 7) is 5.59. The second kappa shape index (κ2) is 8.33. The predicted octanol–water partition coefficient (Wildman–Crippen LogP) is 2.31. The molecule has 2 heterocycles. The maximum Gasteiger partial charge on any atom is 0.244 e. The van der Waals surface area contributed by atoms with E-state index < -0.39 is 0 Å². The van der Waals surface area contributed by atoms with Crippen LogP contribution in [0, 0.1) is 11.7 Å².